The van der Waals surface area contributed by atoms with Crippen molar-refractivity contribution in [3.63, 3.8) is 0 Å². The number of alkyl halides is 1. The fourth-order valence-corrected chi connectivity index (χ4v) is 4.45. The van der Waals surface area contributed by atoms with Crippen molar-refractivity contribution in [2.75, 3.05) is 13.2 Å². The fraction of sp³-hybridized carbons (Fsp3) is 0.538. The van der Waals surface area contributed by atoms with Crippen LogP contribution in [-0.4, -0.2) is 38.0 Å². The highest BCUT2D eigenvalue weighted by atomic mass is 35.5. The molecule has 1 aliphatic rings. The Morgan fingerprint density at radius 3 is 2.80 bits per heavy atom. The predicted octanol–water partition coefficient (Wildman–Crippen LogP) is 2.36. The van der Waals surface area contributed by atoms with Gasteiger partial charge < -0.3 is 4.74 Å². The minimum atomic E-state index is -3.78. The quantitative estimate of drug-likeness (QED) is 0.803. The molecule has 0 radical (unpaired) electrons. The highest BCUT2D eigenvalue weighted by molar-refractivity contribution is 7.89. The third-order valence-electron chi connectivity index (χ3n) is 3.31. The molecule has 2 atom stereocenters. The lowest BCUT2D eigenvalue weighted by Crippen LogP contribution is -2.50. The molecule has 1 heterocycles. The van der Waals surface area contributed by atoms with Crippen molar-refractivity contribution in [2.24, 2.45) is 0 Å². The predicted molar refractivity (Wildman–Crippen MR) is 74.7 cm³/mol. The number of rotatable bonds is 3. The van der Waals surface area contributed by atoms with Crippen LogP contribution >= 0.6 is 11.6 Å². The number of morpholine rings is 1. The average molecular weight is 322 g/mol. The number of hydrogen-bond donors (Lipinski definition) is 0. The van der Waals surface area contributed by atoms with E-state index >= 15 is 0 Å². The number of sulfonamides is 1. The molecule has 1 aliphatic heterocycles. The van der Waals surface area contributed by atoms with E-state index in [-0.39, 0.29) is 29.5 Å². The summed E-state index contributed by atoms with van der Waals surface area (Å²) in [6, 6.07) is 3.36. The van der Waals surface area contributed by atoms with E-state index < -0.39 is 15.8 Å². The molecule has 20 heavy (non-hydrogen) atoms. The van der Waals surface area contributed by atoms with E-state index in [0.29, 0.717) is 12.2 Å². The Morgan fingerprint density at radius 1 is 1.45 bits per heavy atom. The second kappa shape index (κ2) is 5.97. The highest BCUT2D eigenvalue weighted by Crippen LogP contribution is 2.26. The van der Waals surface area contributed by atoms with Gasteiger partial charge >= 0.3 is 0 Å². The lowest BCUT2D eigenvalue weighted by atomic mass is 10.2. The summed E-state index contributed by atoms with van der Waals surface area (Å²) in [6.45, 7) is 4.15. The van der Waals surface area contributed by atoms with Crippen molar-refractivity contribution in [1.29, 1.82) is 0 Å². The van der Waals surface area contributed by atoms with Crippen molar-refractivity contribution >= 4 is 21.6 Å². The van der Waals surface area contributed by atoms with Crippen LogP contribution in [0.25, 0.3) is 0 Å². The largest absolute Gasteiger partial charge is 0.375 e. The summed E-state index contributed by atoms with van der Waals surface area (Å²) in [6.07, 6.45) is -0.186. The second-order valence-corrected chi connectivity index (χ2v) is 7.08. The van der Waals surface area contributed by atoms with Crippen LogP contribution in [0.2, 0.25) is 0 Å². The van der Waals surface area contributed by atoms with E-state index in [2.05, 4.69) is 0 Å². The number of nitrogens with zero attached hydrogens (tertiary/aromatic N) is 1. The smallest absolute Gasteiger partial charge is 0.243 e. The minimum Gasteiger partial charge on any atom is -0.375 e. The first-order chi connectivity index (χ1) is 9.36. The van der Waals surface area contributed by atoms with Crippen LogP contribution in [0.4, 0.5) is 4.39 Å². The maximum absolute atomic E-state index is 13.4. The molecule has 0 amide bonds. The molecule has 2 unspecified atom stereocenters. The van der Waals surface area contributed by atoms with Crippen LogP contribution in [0.15, 0.2) is 23.1 Å². The Balaban J connectivity index is 2.46. The Hall–Kier alpha value is -0.690. The van der Waals surface area contributed by atoms with Crippen LogP contribution < -0.4 is 0 Å². The minimum absolute atomic E-state index is 0.0170. The monoisotopic (exact) mass is 321 g/mol. The maximum atomic E-state index is 13.4. The molecule has 112 valence electrons. The van der Waals surface area contributed by atoms with Gasteiger partial charge in [0.05, 0.1) is 17.6 Å². The van der Waals surface area contributed by atoms with Crippen molar-refractivity contribution < 1.29 is 17.5 Å². The van der Waals surface area contributed by atoms with Gasteiger partial charge in [-0.05, 0) is 31.5 Å². The molecular weight excluding hydrogens is 305 g/mol. The van der Waals surface area contributed by atoms with Gasteiger partial charge in [-0.15, -0.1) is 11.6 Å². The first kappa shape index (κ1) is 15.7. The lowest BCUT2D eigenvalue weighted by Gasteiger charge is -2.36. The zero-order valence-electron chi connectivity index (χ0n) is 11.3. The van der Waals surface area contributed by atoms with Crippen molar-refractivity contribution in [2.45, 2.75) is 36.8 Å². The molecule has 4 nitrogen and oxygen atoms in total. The topological polar surface area (TPSA) is 46.6 Å². The Kier molecular flexibility index (Phi) is 4.69. The van der Waals surface area contributed by atoms with Crippen LogP contribution in [-0.2, 0) is 20.6 Å². The summed E-state index contributed by atoms with van der Waals surface area (Å²) in [7, 11) is -3.78. The summed E-state index contributed by atoms with van der Waals surface area (Å²) in [5.74, 6) is -0.574. The van der Waals surface area contributed by atoms with E-state index in [1.165, 1.54) is 16.4 Å². The van der Waals surface area contributed by atoms with Gasteiger partial charge in [-0.2, -0.15) is 4.31 Å². The summed E-state index contributed by atoms with van der Waals surface area (Å²) >= 11 is 5.76. The summed E-state index contributed by atoms with van der Waals surface area (Å²) < 4.78 is 45.6. The lowest BCUT2D eigenvalue weighted by molar-refractivity contribution is -0.0170. The van der Waals surface area contributed by atoms with Gasteiger partial charge in [0, 0.05) is 18.5 Å². The van der Waals surface area contributed by atoms with E-state index in [4.69, 9.17) is 16.3 Å². The molecular formula is C13H17ClFNO3S. The first-order valence-electron chi connectivity index (χ1n) is 6.34. The average Bonchev–Trinajstić information content (AvgIpc) is 2.41. The molecule has 0 spiro atoms. The highest BCUT2D eigenvalue weighted by Gasteiger charge is 2.35. The van der Waals surface area contributed by atoms with Gasteiger partial charge in [-0.1, -0.05) is 6.07 Å². The fourth-order valence-electron chi connectivity index (χ4n) is 2.21. The van der Waals surface area contributed by atoms with Crippen LogP contribution in [0, 0.1) is 5.82 Å². The number of benzene rings is 1. The number of halogens is 2. The molecule has 0 aromatic heterocycles. The molecule has 7 heteroatoms. The third-order valence-corrected chi connectivity index (χ3v) is 5.66. The van der Waals surface area contributed by atoms with E-state index in [9.17, 15) is 12.8 Å². The SMILES string of the molecule is CC1CN(S(=O)(=O)c2cc(F)ccc2CCl)C(C)CO1. The number of ether oxygens (including phenoxy) is 1. The molecule has 0 aliphatic carbocycles. The normalized spacial score (nSPS) is 24.8. The Morgan fingerprint density at radius 2 is 2.15 bits per heavy atom. The summed E-state index contributed by atoms with van der Waals surface area (Å²) in [4.78, 5) is -0.0616. The van der Waals surface area contributed by atoms with Gasteiger partial charge in [0.25, 0.3) is 0 Å². The molecule has 2 rings (SSSR count). The first-order valence-corrected chi connectivity index (χ1v) is 8.31. The van der Waals surface area contributed by atoms with Gasteiger partial charge in [0.15, 0.2) is 0 Å². The molecule has 0 N–H and O–H groups in total. The second-order valence-electron chi connectivity index (χ2n) is 4.95. The molecule has 1 fully saturated rings. The van der Waals surface area contributed by atoms with Gasteiger partial charge in [-0.25, -0.2) is 12.8 Å². The van der Waals surface area contributed by atoms with Crippen LogP contribution in [0.1, 0.15) is 19.4 Å². The summed E-state index contributed by atoms with van der Waals surface area (Å²) in [5.41, 5.74) is 0.402. The van der Waals surface area contributed by atoms with Gasteiger partial charge in [-0.3, -0.25) is 0 Å². The Bertz CT molecular complexity index is 593. The third kappa shape index (κ3) is 2.98. The zero-order valence-corrected chi connectivity index (χ0v) is 12.9. The van der Waals surface area contributed by atoms with Crippen LogP contribution in [0.5, 0.6) is 0 Å². The van der Waals surface area contributed by atoms with E-state index in [0.717, 1.165) is 6.07 Å². The molecule has 0 bridgehead atoms. The van der Waals surface area contributed by atoms with Crippen molar-refractivity contribution in [3.05, 3.63) is 29.6 Å². The van der Waals surface area contributed by atoms with Gasteiger partial charge in [0.1, 0.15) is 5.82 Å². The zero-order chi connectivity index (χ0) is 14.9. The van der Waals surface area contributed by atoms with Gasteiger partial charge in [0.2, 0.25) is 10.0 Å². The molecule has 1 saturated heterocycles. The molecule has 1 aromatic rings. The van der Waals surface area contributed by atoms with E-state index in [1.54, 1.807) is 6.92 Å². The van der Waals surface area contributed by atoms with Crippen LogP contribution in [0.3, 0.4) is 0 Å². The molecule has 0 saturated carbocycles. The van der Waals surface area contributed by atoms with Crippen molar-refractivity contribution in [3.8, 4) is 0 Å². The summed E-state index contributed by atoms with van der Waals surface area (Å²) in [5, 5.41) is 0. The van der Waals surface area contributed by atoms with Crippen molar-refractivity contribution in [1.82, 2.24) is 4.31 Å². The standard InChI is InChI=1S/C13H17ClFNO3S/c1-9-8-19-10(2)7-16(9)20(17,18)13-5-12(15)4-3-11(13)6-14/h3-5,9-10H,6-8H2,1-2H3. The van der Waals surface area contributed by atoms with E-state index in [1.807, 2.05) is 6.92 Å². The Labute approximate surface area is 123 Å². The maximum Gasteiger partial charge on any atom is 0.243 e. The number of hydrogen-bond acceptors (Lipinski definition) is 3. The molecule has 1 aromatic carbocycles.